The van der Waals surface area contributed by atoms with E-state index in [0.717, 1.165) is 26.4 Å². The third-order valence-electron chi connectivity index (χ3n) is 5.96. The largest absolute Gasteiger partial charge is 0.488 e. The van der Waals surface area contributed by atoms with Crippen LogP contribution in [0.4, 0.5) is 0 Å². The molecule has 5 nitrogen and oxygen atoms in total. The quantitative estimate of drug-likeness (QED) is 0.186. The van der Waals surface area contributed by atoms with E-state index in [-0.39, 0.29) is 11.5 Å². The second-order valence-corrected chi connectivity index (χ2v) is 10.6. The molecule has 0 aliphatic carbocycles. The van der Waals surface area contributed by atoms with Gasteiger partial charge in [0.2, 0.25) is 0 Å². The van der Waals surface area contributed by atoms with Crippen molar-refractivity contribution in [3.8, 4) is 5.75 Å². The molecule has 1 heterocycles. The normalized spacial score (nSPS) is 11.7. The Morgan fingerprint density at radius 1 is 1.00 bits per heavy atom. The Labute approximate surface area is 232 Å². The molecule has 1 aromatic heterocycles. The minimum Gasteiger partial charge on any atom is -0.488 e. The van der Waals surface area contributed by atoms with Gasteiger partial charge in [-0.2, -0.15) is 9.78 Å². The van der Waals surface area contributed by atoms with E-state index in [2.05, 4.69) is 21.0 Å². The highest BCUT2D eigenvalue weighted by atomic mass is 79.9. The fourth-order valence-corrected chi connectivity index (χ4v) is 4.77. The van der Waals surface area contributed by atoms with E-state index in [1.807, 2.05) is 68.4 Å². The lowest BCUT2D eigenvalue weighted by molar-refractivity contribution is 0.306. The Bertz CT molecular complexity index is 1730. The van der Waals surface area contributed by atoms with Gasteiger partial charge in [-0.15, -0.1) is 0 Å². The van der Waals surface area contributed by atoms with Gasteiger partial charge in [-0.1, -0.05) is 89.4 Å². The summed E-state index contributed by atoms with van der Waals surface area (Å²) in [5, 5.41) is 8.09. The Balaban J connectivity index is 1.61. The summed E-state index contributed by atoms with van der Waals surface area (Å²) in [7, 11) is 0. The molecule has 0 fully saturated rings. The summed E-state index contributed by atoms with van der Waals surface area (Å²) in [4.78, 5) is 18.2. The number of aromatic nitrogens is 2. The van der Waals surface area contributed by atoms with Crippen LogP contribution in [-0.4, -0.2) is 15.9 Å². The number of benzene rings is 4. The third-order valence-corrected chi connectivity index (χ3v) is 7.19. The van der Waals surface area contributed by atoms with E-state index in [1.165, 1.54) is 4.68 Å². The van der Waals surface area contributed by atoms with Crippen molar-refractivity contribution in [1.29, 1.82) is 0 Å². The third kappa shape index (κ3) is 5.28. The van der Waals surface area contributed by atoms with E-state index in [0.29, 0.717) is 39.1 Å². The molecule has 186 valence electrons. The summed E-state index contributed by atoms with van der Waals surface area (Å²) in [6.07, 6.45) is 1.67. The highest BCUT2D eigenvalue weighted by molar-refractivity contribution is 9.10. The molecule has 0 spiro atoms. The molecule has 0 unspecified atom stereocenters. The topological polar surface area (TPSA) is 56.5 Å². The number of halogens is 3. The second-order valence-electron chi connectivity index (χ2n) is 8.88. The van der Waals surface area contributed by atoms with Crippen LogP contribution >= 0.6 is 39.1 Å². The maximum atomic E-state index is 13.5. The molecule has 0 saturated heterocycles. The maximum Gasteiger partial charge on any atom is 0.282 e. The van der Waals surface area contributed by atoms with Crippen molar-refractivity contribution in [1.82, 2.24) is 9.66 Å². The zero-order valence-electron chi connectivity index (χ0n) is 20.1. The van der Waals surface area contributed by atoms with E-state index in [4.69, 9.17) is 32.9 Å². The van der Waals surface area contributed by atoms with Gasteiger partial charge in [0.05, 0.1) is 27.2 Å². The fraction of sp³-hybridized carbons (Fsp3) is 0.138. The van der Waals surface area contributed by atoms with Gasteiger partial charge in [-0.05, 0) is 52.7 Å². The molecular weight excluding hydrogens is 573 g/mol. The summed E-state index contributed by atoms with van der Waals surface area (Å²) in [5.41, 5.74) is 2.05. The fourth-order valence-electron chi connectivity index (χ4n) is 4.09. The first-order valence-electron chi connectivity index (χ1n) is 11.7. The highest BCUT2D eigenvalue weighted by Crippen LogP contribution is 2.29. The minimum absolute atomic E-state index is 0.0178. The summed E-state index contributed by atoms with van der Waals surface area (Å²) in [6.45, 7) is 4.27. The molecule has 0 atom stereocenters. The summed E-state index contributed by atoms with van der Waals surface area (Å²) >= 11 is 15.7. The van der Waals surface area contributed by atoms with Gasteiger partial charge in [0.15, 0.2) is 0 Å². The van der Waals surface area contributed by atoms with Gasteiger partial charge >= 0.3 is 0 Å². The Kier molecular flexibility index (Phi) is 7.33. The molecule has 0 aliphatic rings. The zero-order valence-corrected chi connectivity index (χ0v) is 23.2. The van der Waals surface area contributed by atoms with Crippen molar-refractivity contribution < 1.29 is 4.74 Å². The number of hydrogen-bond donors (Lipinski definition) is 0. The van der Waals surface area contributed by atoms with E-state index >= 15 is 0 Å². The lowest BCUT2D eigenvalue weighted by Crippen LogP contribution is -2.23. The van der Waals surface area contributed by atoms with E-state index in [9.17, 15) is 4.79 Å². The first kappa shape index (κ1) is 25.5. The van der Waals surface area contributed by atoms with Crippen molar-refractivity contribution >= 4 is 67.0 Å². The first-order valence-corrected chi connectivity index (χ1v) is 13.2. The monoisotopic (exact) mass is 593 g/mol. The smallest absolute Gasteiger partial charge is 0.282 e. The number of hydrogen-bond acceptors (Lipinski definition) is 4. The summed E-state index contributed by atoms with van der Waals surface area (Å²) < 4.78 is 8.39. The molecule has 0 amide bonds. The van der Waals surface area contributed by atoms with E-state index in [1.54, 1.807) is 24.4 Å². The Morgan fingerprint density at radius 3 is 2.59 bits per heavy atom. The average Bonchev–Trinajstić information content (AvgIpc) is 2.89. The Morgan fingerprint density at radius 2 is 1.81 bits per heavy atom. The van der Waals surface area contributed by atoms with Gasteiger partial charge in [-0.25, -0.2) is 4.98 Å². The Hall–Kier alpha value is -3.19. The molecule has 0 radical (unpaired) electrons. The van der Waals surface area contributed by atoms with Crippen LogP contribution in [0.3, 0.4) is 0 Å². The van der Waals surface area contributed by atoms with E-state index < -0.39 is 0 Å². The molecule has 0 N–H and O–H groups in total. The standard InChI is InChI=1S/C29H22BrCl2N3O2/c1-17(2)28-34-26-11-9-20(30)14-22(26)29(36)35(28)33-15-23-21-6-4-3-5-19(21)8-12-27(23)37-16-18-7-10-24(31)25(32)13-18/h3-15,17H,16H2,1-2H3. The zero-order chi connectivity index (χ0) is 26.1. The van der Waals surface area contributed by atoms with Gasteiger partial charge < -0.3 is 4.74 Å². The van der Waals surface area contributed by atoms with Gasteiger partial charge in [0.1, 0.15) is 18.2 Å². The van der Waals surface area contributed by atoms with Crippen LogP contribution in [0.1, 0.15) is 36.7 Å². The predicted octanol–water partition coefficient (Wildman–Crippen LogP) is 8.20. The van der Waals surface area contributed by atoms with Crippen LogP contribution in [0.5, 0.6) is 5.75 Å². The number of fused-ring (bicyclic) bond motifs is 2. The summed E-state index contributed by atoms with van der Waals surface area (Å²) in [6, 6.07) is 22.8. The minimum atomic E-state index is -0.232. The number of ether oxygens (including phenoxy) is 1. The first-order chi connectivity index (χ1) is 17.8. The molecule has 0 bridgehead atoms. The lowest BCUT2D eigenvalue weighted by atomic mass is 10.0. The van der Waals surface area contributed by atoms with Crippen molar-refractivity contribution in [3.05, 3.63) is 115 Å². The molecule has 37 heavy (non-hydrogen) atoms. The average molecular weight is 595 g/mol. The molecule has 0 saturated carbocycles. The van der Waals surface area contributed by atoms with Crippen LogP contribution in [0.2, 0.25) is 10.0 Å². The van der Waals surface area contributed by atoms with Crippen molar-refractivity contribution in [2.45, 2.75) is 26.4 Å². The number of nitrogens with zero attached hydrogens (tertiary/aromatic N) is 3. The van der Waals surface area contributed by atoms with Crippen LogP contribution in [0, 0.1) is 0 Å². The second kappa shape index (κ2) is 10.7. The molecular formula is C29H22BrCl2N3O2. The van der Waals surface area contributed by atoms with Crippen LogP contribution in [-0.2, 0) is 6.61 Å². The molecule has 5 rings (SSSR count). The maximum absolute atomic E-state index is 13.5. The van der Waals surface area contributed by atoms with Crippen molar-refractivity contribution in [2.24, 2.45) is 5.10 Å². The predicted molar refractivity (Wildman–Crippen MR) is 156 cm³/mol. The molecule has 4 aromatic carbocycles. The van der Waals surface area contributed by atoms with Crippen molar-refractivity contribution in [2.75, 3.05) is 0 Å². The SMILES string of the molecule is CC(C)c1nc2ccc(Br)cc2c(=O)n1N=Cc1c(OCc2ccc(Cl)c(Cl)c2)ccc2ccccc12. The van der Waals surface area contributed by atoms with Crippen LogP contribution in [0.15, 0.2) is 87.2 Å². The van der Waals surface area contributed by atoms with Gasteiger partial charge in [0.25, 0.3) is 5.56 Å². The molecule has 0 aliphatic heterocycles. The molecule has 8 heteroatoms. The van der Waals surface area contributed by atoms with Gasteiger partial charge in [0, 0.05) is 16.0 Å². The summed E-state index contributed by atoms with van der Waals surface area (Å²) in [5.74, 6) is 1.19. The lowest BCUT2D eigenvalue weighted by Gasteiger charge is -2.14. The van der Waals surface area contributed by atoms with Crippen molar-refractivity contribution in [3.63, 3.8) is 0 Å². The number of rotatable bonds is 6. The van der Waals surface area contributed by atoms with Crippen LogP contribution < -0.4 is 10.3 Å². The molecule has 5 aromatic rings. The van der Waals surface area contributed by atoms with Crippen LogP contribution in [0.25, 0.3) is 21.7 Å². The highest BCUT2D eigenvalue weighted by Gasteiger charge is 2.15. The van der Waals surface area contributed by atoms with Gasteiger partial charge in [-0.3, -0.25) is 4.79 Å².